The maximum Gasteiger partial charge on any atom is 0.0480 e. The minimum atomic E-state index is 0.725. The SMILES string of the molecule is CN(C[C@H]1CCCN(CCc2ccc(Cl)cc2)C1)C1CCOCC1. The molecule has 0 amide bonds. The minimum absolute atomic E-state index is 0.725. The van der Waals surface area contributed by atoms with Gasteiger partial charge >= 0.3 is 0 Å². The van der Waals surface area contributed by atoms with Crippen molar-refractivity contribution < 1.29 is 4.74 Å². The van der Waals surface area contributed by atoms with Crippen molar-refractivity contribution in [2.24, 2.45) is 5.92 Å². The fourth-order valence-corrected chi connectivity index (χ4v) is 4.25. The highest BCUT2D eigenvalue weighted by Crippen LogP contribution is 2.21. The first-order valence-corrected chi connectivity index (χ1v) is 9.83. The molecule has 0 N–H and O–H groups in total. The van der Waals surface area contributed by atoms with Crippen molar-refractivity contribution in [2.45, 2.75) is 38.1 Å². The largest absolute Gasteiger partial charge is 0.381 e. The molecule has 2 saturated heterocycles. The third kappa shape index (κ3) is 5.45. The van der Waals surface area contributed by atoms with Gasteiger partial charge < -0.3 is 14.5 Å². The first kappa shape index (κ1) is 18.2. The van der Waals surface area contributed by atoms with Crippen LogP contribution in [0.15, 0.2) is 24.3 Å². The van der Waals surface area contributed by atoms with Crippen LogP contribution in [0.4, 0.5) is 0 Å². The Morgan fingerprint density at radius 3 is 2.67 bits per heavy atom. The lowest BCUT2D eigenvalue weighted by Gasteiger charge is -2.38. The Kier molecular flexibility index (Phi) is 6.96. The van der Waals surface area contributed by atoms with Gasteiger partial charge in [0.25, 0.3) is 0 Å². The molecule has 134 valence electrons. The molecule has 0 spiro atoms. The lowest BCUT2D eigenvalue weighted by molar-refractivity contribution is 0.0324. The van der Waals surface area contributed by atoms with Crippen LogP contribution in [-0.2, 0) is 11.2 Å². The zero-order valence-corrected chi connectivity index (χ0v) is 15.7. The highest BCUT2D eigenvalue weighted by Gasteiger charge is 2.24. The summed E-state index contributed by atoms with van der Waals surface area (Å²) in [4.78, 5) is 5.25. The number of piperidine rings is 1. The van der Waals surface area contributed by atoms with Gasteiger partial charge in [-0.1, -0.05) is 23.7 Å². The Morgan fingerprint density at radius 1 is 1.17 bits per heavy atom. The molecular formula is C20H31ClN2O. The zero-order valence-electron chi connectivity index (χ0n) is 14.9. The maximum atomic E-state index is 5.97. The van der Waals surface area contributed by atoms with Crippen LogP contribution < -0.4 is 0 Å². The molecule has 24 heavy (non-hydrogen) atoms. The molecule has 3 rings (SSSR count). The van der Waals surface area contributed by atoms with E-state index in [0.717, 1.165) is 36.6 Å². The van der Waals surface area contributed by atoms with Crippen molar-refractivity contribution in [3.63, 3.8) is 0 Å². The molecule has 0 aliphatic carbocycles. The maximum absolute atomic E-state index is 5.97. The summed E-state index contributed by atoms with van der Waals surface area (Å²) in [6.45, 7) is 6.78. The van der Waals surface area contributed by atoms with E-state index in [0.29, 0.717) is 0 Å². The second kappa shape index (κ2) is 9.19. The quantitative estimate of drug-likeness (QED) is 0.778. The number of benzene rings is 1. The van der Waals surface area contributed by atoms with Gasteiger partial charge in [0.2, 0.25) is 0 Å². The van der Waals surface area contributed by atoms with E-state index in [-0.39, 0.29) is 0 Å². The number of ether oxygens (including phenoxy) is 1. The van der Waals surface area contributed by atoms with Gasteiger partial charge in [-0.25, -0.2) is 0 Å². The number of halogens is 1. The number of hydrogen-bond acceptors (Lipinski definition) is 3. The Hall–Kier alpha value is -0.610. The Morgan fingerprint density at radius 2 is 1.92 bits per heavy atom. The second-order valence-corrected chi connectivity index (χ2v) is 7.90. The molecule has 4 heteroatoms. The fourth-order valence-electron chi connectivity index (χ4n) is 4.12. The zero-order chi connectivity index (χ0) is 16.8. The molecule has 2 heterocycles. The molecule has 1 aromatic carbocycles. The molecule has 0 aromatic heterocycles. The summed E-state index contributed by atoms with van der Waals surface area (Å²) >= 11 is 5.97. The van der Waals surface area contributed by atoms with Crippen LogP contribution in [0.3, 0.4) is 0 Å². The van der Waals surface area contributed by atoms with E-state index in [1.807, 2.05) is 12.1 Å². The summed E-state index contributed by atoms with van der Waals surface area (Å²) in [5.41, 5.74) is 1.39. The van der Waals surface area contributed by atoms with Gasteiger partial charge in [-0.2, -0.15) is 0 Å². The van der Waals surface area contributed by atoms with E-state index in [4.69, 9.17) is 16.3 Å². The second-order valence-electron chi connectivity index (χ2n) is 7.47. The normalized spacial score (nSPS) is 23.7. The summed E-state index contributed by atoms with van der Waals surface area (Å²) in [7, 11) is 2.31. The average molecular weight is 351 g/mol. The van der Waals surface area contributed by atoms with Crippen LogP contribution >= 0.6 is 11.6 Å². The summed E-state index contributed by atoms with van der Waals surface area (Å²) in [6, 6.07) is 9.03. The van der Waals surface area contributed by atoms with Gasteiger partial charge in [0.05, 0.1) is 0 Å². The molecule has 3 nitrogen and oxygen atoms in total. The third-order valence-corrected chi connectivity index (χ3v) is 5.85. The van der Waals surface area contributed by atoms with Crippen LogP contribution in [0.5, 0.6) is 0 Å². The Bertz CT molecular complexity index is 487. The van der Waals surface area contributed by atoms with Crippen LogP contribution in [-0.4, -0.2) is 62.3 Å². The van der Waals surface area contributed by atoms with Gasteiger partial charge in [-0.05, 0) is 69.3 Å². The average Bonchev–Trinajstić information content (AvgIpc) is 2.62. The van der Waals surface area contributed by atoms with Crippen LogP contribution in [0, 0.1) is 5.92 Å². The lowest BCUT2D eigenvalue weighted by Crippen LogP contribution is -2.44. The van der Waals surface area contributed by atoms with E-state index < -0.39 is 0 Å². The first-order valence-electron chi connectivity index (χ1n) is 9.45. The molecular weight excluding hydrogens is 320 g/mol. The topological polar surface area (TPSA) is 15.7 Å². The molecule has 2 fully saturated rings. The van der Waals surface area contributed by atoms with Gasteiger partial charge in [0, 0.05) is 43.9 Å². The van der Waals surface area contributed by atoms with Crippen molar-refractivity contribution in [1.82, 2.24) is 9.80 Å². The van der Waals surface area contributed by atoms with Crippen molar-refractivity contribution in [1.29, 1.82) is 0 Å². The molecule has 0 bridgehead atoms. The first-order chi connectivity index (χ1) is 11.7. The van der Waals surface area contributed by atoms with Crippen LogP contribution in [0.2, 0.25) is 5.02 Å². The predicted octanol–water partition coefficient (Wildman–Crippen LogP) is 3.71. The summed E-state index contributed by atoms with van der Waals surface area (Å²) in [5.74, 6) is 0.816. The molecule has 1 aromatic rings. The summed E-state index contributed by atoms with van der Waals surface area (Å²) in [5, 5.41) is 0.827. The van der Waals surface area contributed by atoms with E-state index >= 15 is 0 Å². The molecule has 0 unspecified atom stereocenters. The third-order valence-electron chi connectivity index (χ3n) is 5.59. The van der Waals surface area contributed by atoms with Crippen molar-refractivity contribution in [3.05, 3.63) is 34.9 Å². The standard InChI is InChI=1S/C20H31ClN2O/c1-22(20-9-13-24-14-10-20)15-18-3-2-11-23(16-18)12-8-17-4-6-19(21)7-5-17/h4-7,18,20H,2-3,8-16H2,1H3/t18-/m1/s1. The van der Waals surface area contributed by atoms with Crippen molar-refractivity contribution >= 4 is 11.6 Å². The number of rotatable bonds is 6. The van der Waals surface area contributed by atoms with Gasteiger partial charge in [-0.3, -0.25) is 0 Å². The summed E-state index contributed by atoms with van der Waals surface area (Å²) < 4.78 is 5.50. The lowest BCUT2D eigenvalue weighted by atomic mass is 9.95. The van der Waals surface area contributed by atoms with Crippen molar-refractivity contribution in [2.75, 3.05) is 46.4 Å². The fraction of sp³-hybridized carbons (Fsp3) is 0.700. The Balaban J connectivity index is 1.42. The van der Waals surface area contributed by atoms with Crippen molar-refractivity contribution in [3.8, 4) is 0 Å². The van der Waals surface area contributed by atoms with E-state index in [2.05, 4.69) is 29.0 Å². The highest BCUT2D eigenvalue weighted by molar-refractivity contribution is 6.30. The van der Waals surface area contributed by atoms with E-state index in [1.54, 1.807) is 0 Å². The monoisotopic (exact) mass is 350 g/mol. The van der Waals surface area contributed by atoms with Gasteiger partial charge in [-0.15, -0.1) is 0 Å². The van der Waals surface area contributed by atoms with Gasteiger partial charge in [0.15, 0.2) is 0 Å². The van der Waals surface area contributed by atoms with E-state index in [9.17, 15) is 0 Å². The van der Waals surface area contributed by atoms with Crippen LogP contribution in [0.1, 0.15) is 31.2 Å². The summed E-state index contributed by atoms with van der Waals surface area (Å²) in [6.07, 6.45) is 6.24. The molecule has 0 saturated carbocycles. The number of hydrogen-bond donors (Lipinski definition) is 0. The van der Waals surface area contributed by atoms with Crippen LogP contribution in [0.25, 0.3) is 0 Å². The minimum Gasteiger partial charge on any atom is -0.381 e. The molecule has 1 atom stereocenters. The highest BCUT2D eigenvalue weighted by atomic mass is 35.5. The molecule has 2 aliphatic heterocycles. The van der Waals surface area contributed by atoms with Gasteiger partial charge in [0.1, 0.15) is 0 Å². The number of likely N-dealkylation sites (tertiary alicyclic amines) is 1. The predicted molar refractivity (Wildman–Crippen MR) is 101 cm³/mol. The number of nitrogens with zero attached hydrogens (tertiary/aromatic N) is 2. The Labute approximate surface area is 151 Å². The molecule has 0 radical (unpaired) electrons. The smallest absolute Gasteiger partial charge is 0.0480 e. The van der Waals surface area contributed by atoms with E-state index in [1.165, 1.54) is 57.4 Å². The molecule has 2 aliphatic rings.